The van der Waals surface area contributed by atoms with Crippen molar-refractivity contribution in [3.63, 3.8) is 0 Å². The van der Waals surface area contributed by atoms with Gasteiger partial charge in [-0.3, -0.25) is 4.79 Å². The highest BCUT2D eigenvalue weighted by atomic mass is 16.5. The lowest BCUT2D eigenvalue weighted by atomic mass is 9.63. The Balaban J connectivity index is 2.18. The van der Waals surface area contributed by atoms with E-state index in [1.165, 1.54) is 0 Å². The number of Topliss-reactive ketones (excluding diaryl/α,β-unsaturated/α-hetero) is 1. The minimum Gasteiger partial charge on any atom is -0.501 e. The van der Waals surface area contributed by atoms with Crippen molar-refractivity contribution in [3.05, 3.63) is 11.8 Å². The Morgan fingerprint density at radius 2 is 2.31 bits per heavy atom. The van der Waals surface area contributed by atoms with E-state index in [9.17, 15) is 4.79 Å². The molecule has 0 aromatic carbocycles. The van der Waals surface area contributed by atoms with E-state index in [1.807, 2.05) is 0 Å². The zero-order chi connectivity index (χ0) is 9.31. The second-order valence-electron chi connectivity index (χ2n) is 3.70. The minimum atomic E-state index is -0.502. The van der Waals surface area contributed by atoms with Crippen molar-refractivity contribution < 1.29 is 9.53 Å². The van der Waals surface area contributed by atoms with Crippen LogP contribution in [0.3, 0.4) is 0 Å². The number of rotatable bonds is 1. The number of carbonyl (C=O) groups excluding carboxylic acids is 1. The molecule has 1 aliphatic carbocycles. The molecule has 1 heterocycles. The van der Waals surface area contributed by atoms with Crippen LogP contribution in [-0.2, 0) is 9.53 Å². The molecule has 3 nitrogen and oxygen atoms in total. The number of ketones is 1. The topological polar surface area (TPSA) is 50.1 Å². The smallest absolute Gasteiger partial charge is 0.136 e. The Morgan fingerprint density at radius 3 is 2.77 bits per heavy atom. The van der Waals surface area contributed by atoms with E-state index < -0.39 is 5.41 Å². The Morgan fingerprint density at radius 1 is 1.54 bits per heavy atom. The third kappa shape index (κ3) is 1.23. The number of ether oxygens (including phenoxy) is 1. The SMILES string of the molecule is N#CC1(C2=COCCC2)CC(=O)C1. The summed E-state index contributed by atoms with van der Waals surface area (Å²) in [6.07, 6.45) is 4.32. The second-order valence-corrected chi connectivity index (χ2v) is 3.70. The molecule has 0 aromatic heterocycles. The predicted molar refractivity (Wildman–Crippen MR) is 45.6 cm³/mol. The lowest BCUT2D eigenvalue weighted by molar-refractivity contribution is -0.128. The van der Waals surface area contributed by atoms with Crippen LogP contribution in [0.5, 0.6) is 0 Å². The average Bonchev–Trinajstić information content (AvgIpc) is 2.14. The van der Waals surface area contributed by atoms with E-state index in [-0.39, 0.29) is 5.78 Å². The van der Waals surface area contributed by atoms with Gasteiger partial charge in [-0.25, -0.2) is 0 Å². The fourth-order valence-corrected chi connectivity index (χ4v) is 1.92. The monoisotopic (exact) mass is 177 g/mol. The van der Waals surface area contributed by atoms with Crippen molar-refractivity contribution >= 4 is 5.78 Å². The van der Waals surface area contributed by atoms with Gasteiger partial charge in [0.1, 0.15) is 5.78 Å². The Labute approximate surface area is 77.0 Å². The van der Waals surface area contributed by atoms with Crippen molar-refractivity contribution in [1.82, 2.24) is 0 Å². The number of carbonyl (C=O) groups is 1. The first-order valence-electron chi connectivity index (χ1n) is 4.51. The molecule has 13 heavy (non-hydrogen) atoms. The molecule has 0 unspecified atom stereocenters. The molecular formula is C10H11NO2. The van der Waals surface area contributed by atoms with E-state index in [1.54, 1.807) is 6.26 Å². The van der Waals surface area contributed by atoms with Gasteiger partial charge in [0.15, 0.2) is 0 Å². The molecule has 0 spiro atoms. The van der Waals surface area contributed by atoms with Crippen LogP contribution in [0.2, 0.25) is 0 Å². The Bertz CT molecular complexity index is 303. The van der Waals surface area contributed by atoms with E-state index in [4.69, 9.17) is 10.00 Å². The molecule has 1 fully saturated rings. The highest BCUT2D eigenvalue weighted by Gasteiger charge is 2.47. The summed E-state index contributed by atoms with van der Waals surface area (Å²) in [5.74, 6) is 0.188. The predicted octanol–water partition coefficient (Wildman–Crippen LogP) is 1.55. The van der Waals surface area contributed by atoms with Gasteiger partial charge >= 0.3 is 0 Å². The molecule has 0 amide bonds. The standard InChI is InChI=1S/C10H11NO2/c11-7-10(4-9(12)5-10)8-2-1-3-13-6-8/h6H,1-5H2. The fourth-order valence-electron chi connectivity index (χ4n) is 1.92. The third-order valence-electron chi connectivity index (χ3n) is 2.76. The van der Waals surface area contributed by atoms with Gasteiger partial charge in [-0.05, 0) is 18.4 Å². The first-order valence-corrected chi connectivity index (χ1v) is 4.51. The molecule has 2 aliphatic rings. The molecule has 0 atom stereocenters. The van der Waals surface area contributed by atoms with Crippen molar-refractivity contribution in [2.75, 3.05) is 6.61 Å². The summed E-state index contributed by atoms with van der Waals surface area (Å²) in [5, 5.41) is 9.01. The van der Waals surface area contributed by atoms with Gasteiger partial charge < -0.3 is 4.74 Å². The van der Waals surface area contributed by atoms with Gasteiger partial charge in [0.25, 0.3) is 0 Å². The van der Waals surface area contributed by atoms with Gasteiger partial charge in [-0.2, -0.15) is 5.26 Å². The molecule has 0 bridgehead atoms. The summed E-state index contributed by atoms with van der Waals surface area (Å²) in [7, 11) is 0. The highest BCUT2D eigenvalue weighted by molar-refractivity contribution is 5.88. The molecule has 3 heteroatoms. The van der Waals surface area contributed by atoms with Crippen LogP contribution in [0, 0.1) is 16.7 Å². The highest BCUT2D eigenvalue weighted by Crippen LogP contribution is 2.46. The van der Waals surface area contributed by atoms with Gasteiger partial charge in [0, 0.05) is 12.8 Å². The van der Waals surface area contributed by atoms with Crippen LogP contribution in [0.15, 0.2) is 11.8 Å². The Kier molecular flexibility index (Phi) is 1.84. The lowest BCUT2D eigenvalue weighted by Crippen LogP contribution is -2.38. The van der Waals surface area contributed by atoms with Crippen molar-refractivity contribution in [2.45, 2.75) is 25.7 Å². The van der Waals surface area contributed by atoms with E-state index in [0.29, 0.717) is 12.8 Å². The summed E-state index contributed by atoms with van der Waals surface area (Å²) in [4.78, 5) is 10.9. The number of nitrogens with zero attached hydrogens (tertiary/aromatic N) is 1. The lowest BCUT2D eigenvalue weighted by Gasteiger charge is -2.36. The molecular weight excluding hydrogens is 166 g/mol. The van der Waals surface area contributed by atoms with Gasteiger partial charge in [0.2, 0.25) is 0 Å². The summed E-state index contributed by atoms with van der Waals surface area (Å²) in [6, 6.07) is 2.25. The minimum absolute atomic E-state index is 0.188. The van der Waals surface area contributed by atoms with Gasteiger partial charge in [0.05, 0.1) is 24.4 Å². The first kappa shape index (κ1) is 8.31. The van der Waals surface area contributed by atoms with Crippen LogP contribution < -0.4 is 0 Å². The van der Waals surface area contributed by atoms with Crippen LogP contribution in [0.1, 0.15) is 25.7 Å². The summed E-state index contributed by atoms with van der Waals surface area (Å²) in [5.41, 5.74) is 0.512. The molecule has 68 valence electrons. The maximum Gasteiger partial charge on any atom is 0.136 e. The van der Waals surface area contributed by atoms with E-state index >= 15 is 0 Å². The zero-order valence-electron chi connectivity index (χ0n) is 7.38. The molecule has 2 rings (SSSR count). The normalized spacial score (nSPS) is 25.2. The Hall–Kier alpha value is -1.30. The number of nitriles is 1. The third-order valence-corrected chi connectivity index (χ3v) is 2.76. The summed E-state index contributed by atoms with van der Waals surface area (Å²) < 4.78 is 5.18. The van der Waals surface area contributed by atoms with Crippen molar-refractivity contribution in [3.8, 4) is 6.07 Å². The molecule has 0 N–H and O–H groups in total. The van der Waals surface area contributed by atoms with Crippen LogP contribution in [0.25, 0.3) is 0 Å². The first-order chi connectivity index (χ1) is 6.27. The zero-order valence-corrected chi connectivity index (χ0v) is 7.38. The molecule has 1 saturated carbocycles. The van der Waals surface area contributed by atoms with Gasteiger partial charge in [-0.15, -0.1) is 0 Å². The van der Waals surface area contributed by atoms with Crippen LogP contribution in [-0.4, -0.2) is 12.4 Å². The molecule has 1 aliphatic heterocycles. The number of hydrogen-bond acceptors (Lipinski definition) is 3. The maximum absolute atomic E-state index is 10.9. The quantitative estimate of drug-likeness (QED) is 0.610. The number of allylic oxidation sites excluding steroid dienone is 1. The van der Waals surface area contributed by atoms with E-state index in [2.05, 4.69) is 6.07 Å². The summed E-state index contributed by atoms with van der Waals surface area (Å²) in [6.45, 7) is 0.735. The second kappa shape index (κ2) is 2.88. The van der Waals surface area contributed by atoms with Crippen molar-refractivity contribution in [1.29, 1.82) is 5.26 Å². The van der Waals surface area contributed by atoms with Gasteiger partial charge in [-0.1, -0.05) is 0 Å². The summed E-state index contributed by atoms with van der Waals surface area (Å²) >= 11 is 0. The molecule has 0 radical (unpaired) electrons. The maximum atomic E-state index is 10.9. The van der Waals surface area contributed by atoms with Crippen molar-refractivity contribution in [2.24, 2.45) is 5.41 Å². The largest absolute Gasteiger partial charge is 0.501 e. The molecule has 0 aromatic rings. The average molecular weight is 177 g/mol. The van der Waals surface area contributed by atoms with E-state index in [0.717, 1.165) is 25.0 Å². The van der Waals surface area contributed by atoms with Crippen LogP contribution >= 0.6 is 0 Å². The number of hydrogen-bond donors (Lipinski definition) is 0. The van der Waals surface area contributed by atoms with Crippen LogP contribution in [0.4, 0.5) is 0 Å². The molecule has 0 saturated heterocycles. The fraction of sp³-hybridized carbons (Fsp3) is 0.600.